The summed E-state index contributed by atoms with van der Waals surface area (Å²) >= 11 is 0. The molecule has 0 atom stereocenters. The van der Waals surface area contributed by atoms with Crippen molar-refractivity contribution >= 4 is 13.9 Å². The van der Waals surface area contributed by atoms with Gasteiger partial charge in [-0.1, -0.05) is 55.9 Å². The molecule has 1 aromatic carbocycles. The molecule has 0 aliphatic carbocycles. The number of ketones is 1. The highest BCUT2D eigenvalue weighted by molar-refractivity contribution is 6.83. The topological polar surface area (TPSA) is 65.1 Å². The maximum Gasteiger partial charge on any atom is 0.251 e. The van der Waals surface area contributed by atoms with E-state index >= 15 is 0 Å². The number of hydrogen-bond donors (Lipinski definition) is 0. The van der Waals surface area contributed by atoms with Crippen LogP contribution in [0.25, 0.3) is 0 Å². The van der Waals surface area contributed by atoms with Gasteiger partial charge >= 0.3 is 0 Å². The Balaban J connectivity index is 1.74. The average Bonchev–Trinajstić information content (AvgIpc) is 3.11. The third-order valence-corrected chi connectivity index (χ3v) is 4.79. The Morgan fingerprint density at radius 2 is 1.89 bits per heavy atom. The first kappa shape index (κ1) is 19.6. The van der Waals surface area contributed by atoms with Crippen molar-refractivity contribution in [1.29, 1.82) is 0 Å². The van der Waals surface area contributed by atoms with E-state index in [1.165, 1.54) is 16.9 Å². The van der Waals surface area contributed by atoms with E-state index in [0.29, 0.717) is 12.3 Å². The summed E-state index contributed by atoms with van der Waals surface area (Å²) in [4.78, 5) is 28.9. The number of carbonyl (C=O) groups excluding carboxylic acids is 1. The molecule has 0 N–H and O–H groups in total. The van der Waals surface area contributed by atoms with Crippen molar-refractivity contribution in [2.24, 2.45) is 0 Å². The molecule has 3 rings (SSSR count). The van der Waals surface area contributed by atoms with Gasteiger partial charge in [-0.05, 0) is 11.6 Å². The molecule has 0 amide bonds. The SMILES string of the molecule is C[Si](C)(C)C#Cc1ccc(=O)n(CC(=O)c2coc(Cc3ccccc3)n2)c1. The molecule has 3 aromatic rings. The smallest absolute Gasteiger partial charge is 0.251 e. The molecule has 2 aromatic heterocycles. The van der Waals surface area contributed by atoms with Crippen molar-refractivity contribution in [2.75, 3.05) is 0 Å². The predicted octanol–water partition coefficient (Wildman–Crippen LogP) is 3.54. The quantitative estimate of drug-likeness (QED) is 0.380. The molecule has 28 heavy (non-hydrogen) atoms. The number of rotatable bonds is 5. The Morgan fingerprint density at radius 3 is 2.61 bits per heavy atom. The maximum absolute atomic E-state index is 12.5. The monoisotopic (exact) mass is 390 g/mol. The minimum Gasteiger partial charge on any atom is -0.448 e. The lowest BCUT2D eigenvalue weighted by atomic mass is 10.1. The van der Waals surface area contributed by atoms with Crippen LogP contribution in [-0.4, -0.2) is 23.4 Å². The minimum atomic E-state index is -1.52. The highest BCUT2D eigenvalue weighted by Crippen LogP contribution is 2.10. The number of aromatic nitrogens is 2. The van der Waals surface area contributed by atoms with Crippen molar-refractivity contribution in [2.45, 2.75) is 32.6 Å². The summed E-state index contributed by atoms with van der Waals surface area (Å²) < 4.78 is 6.78. The van der Waals surface area contributed by atoms with E-state index in [-0.39, 0.29) is 23.6 Å². The number of pyridine rings is 1. The number of oxazole rings is 1. The van der Waals surface area contributed by atoms with Gasteiger partial charge in [-0.2, -0.15) is 0 Å². The first-order valence-corrected chi connectivity index (χ1v) is 12.6. The normalized spacial score (nSPS) is 11.0. The molecule has 0 fully saturated rings. The molecule has 5 nitrogen and oxygen atoms in total. The van der Waals surface area contributed by atoms with Gasteiger partial charge in [-0.25, -0.2) is 4.98 Å². The average molecular weight is 391 g/mol. The molecule has 0 bridgehead atoms. The lowest BCUT2D eigenvalue weighted by Gasteiger charge is -2.05. The molecular weight excluding hydrogens is 368 g/mol. The van der Waals surface area contributed by atoms with E-state index in [2.05, 4.69) is 36.1 Å². The lowest BCUT2D eigenvalue weighted by molar-refractivity contribution is 0.0966. The van der Waals surface area contributed by atoms with Crippen LogP contribution in [0.5, 0.6) is 0 Å². The van der Waals surface area contributed by atoms with Crippen LogP contribution in [0.2, 0.25) is 19.6 Å². The minimum absolute atomic E-state index is 0.0986. The summed E-state index contributed by atoms with van der Waals surface area (Å²) in [6.45, 7) is 6.35. The standard InChI is InChI=1S/C22H22N2O3Si/c1-28(2,3)12-11-18-9-10-22(26)24(14-18)15-20(25)19-16-27-21(23-19)13-17-7-5-4-6-8-17/h4-10,14,16H,13,15H2,1-3H3. The molecule has 0 spiro atoms. The highest BCUT2D eigenvalue weighted by atomic mass is 28.3. The van der Waals surface area contributed by atoms with Crippen molar-refractivity contribution in [3.8, 4) is 11.5 Å². The van der Waals surface area contributed by atoms with E-state index in [1.807, 2.05) is 30.3 Å². The van der Waals surface area contributed by atoms with Gasteiger partial charge in [0, 0.05) is 24.2 Å². The molecule has 6 heteroatoms. The lowest BCUT2D eigenvalue weighted by Crippen LogP contribution is -2.23. The Kier molecular flexibility index (Phi) is 5.76. The second-order valence-corrected chi connectivity index (χ2v) is 12.3. The predicted molar refractivity (Wildman–Crippen MR) is 111 cm³/mol. The highest BCUT2D eigenvalue weighted by Gasteiger charge is 2.14. The van der Waals surface area contributed by atoms with Crippen LogP contribution < -0.4 is 5.56 Å². The first-order chi connectivity index (χ1) is 13.3. The Labute approximate surface area is 165 Å². The zero-order valence-corrected chi connectivity index (χ0v) is 17.2. The van der Waals surface area contributed by atoms with Crippen LogP contribution in [0, 0.1) is 11.5 Å². The van der Waals surface area contributed by atoms with Crippen molar-refractivity contribution in [3.63, 3.8) is 0 Å². The molecule has 0 aliphatic heterocycles. The zero-order valence-electron chi connectivity index (χ0n) is 16.2. The van der Waals surface area contributed by atoms with E-state index in [4.69, 9.17) is 4.42 Å². The molecule has 0 saturated heterocycles. The van der Waals surface area contributed by atoms with Gasteiger partial charge in [0.05, 0.1) is 6.54 Å². The van der Waals surface area contributed by atoms with Gasteiger partial charge in [0.15, 0.2) is 5.89 Å². The fourth-order valence-electron chi connectivity index (χ4n) is 2.51. The van der Waals surface area contributed by atoms with Crippen molar-refractivity contribution in [1.82, 2.24) is 9.55 Å². The summed E-state index contributed by atoms with van der Waals surface area (Å²) in [6, 6.07) is 12.9. The number of nitrogens with zero attached hydrogens (tertiary/aromatic N) is 2. The second-order valence-electron chi connectivity index (χ2n) is 7.60. The summed E-state index contributed by atoms with van der Waals surface area (Å²) in [5.41, 5.74) is 5.00. The maximum atomic E-state index is 12.5. The third kappa shape index (κ3) is 5.41. The van der Waals surface area contributed by atoms with Gasteiger partial charge in [0.2, 0.25) is 5.78 Å². The van der Waals surface area contributed by atoms with Crippen LogP contribution in [0.1, 0.15) is 27.5 Å². The van der Waals surface area contributed by atoms with Gasteiger partial charge < -0.3 is 8.98 Å². The van der Waals surface area contributed by atoms with Crippen LogP contribution >= 0.6 is 0 Å². The van der Waals surface area contributed by atoms with Crippen molar-refractivity contribution < 1.29 is 9.21 Å². The van der Waals surface area contributed by atoms with Crippen LogP contribution in [-0.2, 0) is 13.0 Å². The zero-order chi connectivity index (χ0) is 20.1. The summed E-state index contributed by atoms with van der Waals surface area (Å²) in [5.74, 6) is 3.29. The van der Waals surface area contributed by atoms with Gasteiger partial charge in [-0.15, -0.1) is 5.54 Å². The molecule has 0 radical (unpaired) electrons. The van der Waals surface area contributed by atoms with Gasteiger partial charge in [0.25, 0.3) is 5.56 Å². The van der Waals surface area contributed by atoms with E-state index in [9.17, 15) is 9.59 Å². The number of hydrogen-bond acceptors (Lipinski definition) is 4. The molecule has 0 unspecified atom stereocenters. The fourth-order valence-corrected chi connectivity index (χ4v) is 3.03. The summed E-state index contributed by atoms with van der Waals surface area (Å²) in [7, 11) is -1.52. The Bertz CT molecular complexity index is 1100. The van der Waals surface area contributed by atoms with E-state index in [1.54, 1.807) is 12.3 Å². The number of carbonyl (C=O) groups is 1. The van der Waals surface area contributed by atoms with Gasteiger partial charge in [-0.3, -0.25) is 9.59 Å². The van der Waals surface area contributed by atoms with Crippen LogP contribution in [0.4, 0.5) is 0 Å². The van der Waals surface area contributed by atoms with Crippen molar-refractivity contribution in [3.05, 3.63) is 88.0 Å². The second kappa shape index (κ2) is 8.24. The Morgan fingerprint density at radius 1 is 1.14 bits per heavy atom. The number of benzene rings is 1. The largest absolute Gasteiger partial charge is 0.448 e. The summed E-state index contributed by atoms with van der Waals surface area (Å²) in [6.07, 6.45) is 3.48. The molecular formula is C22H22N2O3Si. The number of Topliss-reactive ketones (excluding diaryl/α,β-unsaturated/α-hetero) is 1. The fraction of sp³-hybridized carbons (Fsp3) is 0.227. The first-order valence-electron chi connectivity index (χ1n) is 9.05. The van der Waals surface area contributed by atoms with Crippen LogP contribution in [0.3, 0.4) is 0 Å². The van der Waals surface area contributed by atoms with Gasteiger partial charge in [0.1, 0.15) is 20.0 Å². The molecule has 0 aliphatic rings. The third-order valence-electron chi connectivity index (χ3n) is 3.91. The Hall–Kier alpha value is -3.17. The molecule has 142 valence electrons. The van der Waals surface area contributed by atoms with Crippen LogP contribution in [0.15, 0.2) is 64.1 Å². The van der Waals surface area contributed by atoms with E-state index in [0.717, 1.165) is 11.1 Å². The van der Waals surface area contributed by atoms with E-state index < -0.39 is 8.07 Å². The molecule has 0 saturated carbocycles. The molecule has 2 heterocycles. The summed E-state index contributed by atoms with van der Waals surface area (Å²) in [5, 5.41) is 0.